The van der Waals surface area contributed by atoms with Crippen LogP contribution in [-0.2, 0) is 12.8 Å². The molecule has 2 nitrogen and oxygen atoms in total. The zero-order valence-corrected chi connectivity index (χ0v) is 10.7. The molecule has 0 unspecified atom stereocenters. The van der Waals surface area contributed by atoms with Crippen LogP contribution < -0.4 is 4.72 Å². The highest BCUT2D eigenvalue weighted by molar-refractivity contribution is 7.81. The number of hydrogen-bond acceptors (Lipinski definition) is 3. The molecule has 1 aliphatic carbocycles. The molecule has 0 fully saturated rings. The second kappa shape index (κ2) is 4.61. The average Bonchev–Trinajstić information content (AvgIpc) is 2.86. The van der Waals surface area contributed by atoms with E-state index in [0.717, 1.165) is 30.5 Å². The molecule has 92 valence electrons. The van der Waals surface area contributed by atoms with Crippen molar-refractivity contribution in [1.82, 2.24) is 4.98 Å². The maximum Gasteiger partial charge on any atom is 0.149 e. The highest BCUT2D eigenvalue weighted by Gasteiger charge is 2.19. The first kappa shape index (κ1) is 11.5. The number of halogens is 1. The zero-order valence-electron chi connectivity index (χ0n) is 9.78. The van der Waals surface area contributed by atoms with Gasteiger partial charge in [0.15, 0.2) is 0 Å². The molecule has 0 aliphatic heterocycles. The van der Waals surface area contributed by atoms with Crippen LogP contribution in [0.5, 0.6) is 0 Å². The molecule has 4 heteroatoms. The summed E-state index contributed by atoms with van der Waals surface area (Å²) < 4.78 is 16.8. The monoisotopic (exact) mass is 260 g/mol. The Bertz CT molecular complexity index is 598. The van der Waals surface area contributed by atoms with Crippen molar-refractivity contribution in [2.45, 2.75) is 19.3 Å². The van der Waals surface area contributed by atoms with Crippen molar-refractivity contribution in [2.24, 2.45) is 0 Å². The van der Waals surface area contributed by atoms with Crippen LogP contribution in [0.2, 0.25) is 0 Å². The summed E-state index contributed by atoms with van der Waals surface area (Å²) in [4.78, 5) is 3.78. The SMILES string of the molecule is Fc1cnccc1-c1ccc2c(c1NS)CCC2. The van der Waals surface area contributed by atoms with Crippen molar-refractivity contribution in [2.75, 3.05) is 4.72 Å². The van der Waals surface area contributed by atoms with Gasteiger partial charge in [-0.2, -0.15) is 0 Å². The molecule has 0 amide bonds. The van der Waals surface area contributed by atoms with E-state index in [1.54, 1.807) is 12.3 Å². The predicted molar refractivity (Wildman–Crippen MR) is 74.3 cm³/mol. The van der Waals surface area contributed by atoms with E-state index in [9.17, 15) is 4.39 Å². The van der Waals surface area contributed by atoms with E-state index in [2.05, 4.69) is 28.6 Å². The Morgan fingerprint density at radius 2 is 2.06 bits per heavy atom. The van der Waals surface area contributed by atoms with Gasteiger partial charge in [-0.3, -0.25) is 4.98 Å². The number of fused-ring (bicyclic) bond motifs is 1. The first-order valence-corrected chi connectivity index (χ1v) is 6.40. The maximum atomic E-state index is 13.8. The fourth-order valence-corrected chi connectivity index (χ4v) is 2.87. The molecule has 1 heterocycles. The Kier molecular flexibility index (Phi) is 2.96. The number of aryl methyl sites for hydroxylation is 1. The van der Waals surface area contributed by atoms with E-state index < -0.39 is 0 Å². The van der Waals surface area contributed by atoms with Crippen molar-refractivity contribution >= 4 is 18.5 Å². The predicted octanol–water partition coefficient (Wildman–Crippen LogP) is 3.63. The van der Waals surface area contributed by atoms with Crippen LogP contribution in [0.25, 0.3) is 11.1 Å². The summed E-state index contributed by atoms with van der Waals surface area (Å²) >= 11 is 4.17. The summed E-state index contributed by atoms with van der Waals surface area (Å²) in [6, 6.07) is 5.74. The summed E-state index contributed by atoms with van der Waals surface area (Å²) in [6.07, 6.45) is 6.12. The molecule has 1 N–H and O–H groups in total. The fraction of sp³-hybridized carbons (Fsp3) is 0.214. The maximum absolute atomic E-state index is 13.8. The number of nitrogens with one attached hydrogen (secondary N) is 1. The lowest BCUT2D eigenvalue weighted by Gasteiger charge is -2.14. The van der Waals surface area contributed by atoms with E-state index in [1.807, 2.05) is 6.07 Å². The lowest BCUT2D eigenvalue weighted by molar-refractivity contribution is 0.625. The summed E-state index contributed by atoms with van der Waals surface area (Å²) in [5, 5.41) is 0. The van der Waals surface area contributed by atoms with Crippen LogP contribution >= 0.6 is 12.8 Å². The van der Waals surface area contributed by atoms with Crippen LogP contribution in [0.15, 0.2) is 30.6 Å². The molecule has 0 spiro atoms. The molecule has 0 saturated heterocycles. The van der Waals surface area contributed by atoms with Crippen LogP contribution in [0.1, 0.15) is 17.5 Å². The van der Waals surface area contributed by atoms with Crippen LogP contribution in [0.4, 0.5) is 10.1 Å². The van der Waals surface area contributed by atoms with Gasteiger partial charge in [-0.15, -0.1) is 0 Å². The average molecular weight is 260 g/mol. The molecule has 2 aromatic rings. The van der Waals surface area contributed by atoms with Gasteiger partial charge in [-0.1, -0.05) is 24.9 Å². The number of nitrogens with zero attached hydrogens (tertiary/aromatic N) is 1. The molecular formula is C14H13FN2S. The minimum atomic E-state index is -0.305. The van der Waals surface area contributed by atoms with Gasteiger partial charge in [-0.05, 0) is 36.5 Å². The first-order chi connectivity index (χ1) is 8.81. The molecule has 1 aliphatic rings. The Labute approximate surface area is 111 Å². The normalized spacial score (nSPS) is 13.4. The largest absolute Gasteiger partial charge is 0.332 e. The minimum Gasteiger partial charge on any atom is -0.332 e. The molecule has 3 rings (SSSR count). The van der Waals surface area contributed by atoms with Gasteiger partial charge in [0.25, 0.3) is 0 Å². The quantitative estimate of drug-likeness (QED) is 0.806. The number of anilines is 1. The molecule has 1 aromatic heterocycles. The zero-order chi connectivity index (χ0) is 12.5. The first-order valence-electron chi connectivity index (χ1n) is 5.96. The number of pyridine rings is 1. The molecular weight excluding hydrogens is 247 g/mol. The second-order valence-electron chi connectivity index (χ2n) is 4.45. The second-order valence-corrected chi connectivity index (χ2v) is 4.67. The third-order valence-electron chi connectivity index (χ3n) is 3.46. The van der Waals surface area contributed by atoms with Crippen molar-refractivity contribution in [3.63, 3.8) is 0 Å². The number of aromatic nitrogens is 1. The van der Waals surface area contributed by atoms with Gasteiger partial charge in [-0.25, -0.2) is 4.39 Å². The van der Waals surface area contributed by atoms with E-state index >= 15 is 0 Å². The van der Waals surface area contributed by atoms with E-state index in [-0.39, 0.29) is 5.82 Å². The van der Waals surface area contributed by atoms with Gasteiger partial charge >= 0.3 is 0 Å². The van der Waals surface area contributed by atoms with Crippen LogP contribution in [0.3, 0.4) is 0 Å². The standard InChI is InChI=1S/C14H13FN2S/c15-13-8-16-7-6-11(13)12-5-4-9-2-1-3-10(9)14(12)17-18/h4-8,17-18H,1-3H2. The van der Waals surface area contributed by atoms with Gasteiger partial charge in [0.05, 0.1) is 11.9 Å². The van der Waals surface area contributed by atoms with E-state index in [0.29, 0.717) is 5.56 Å². The fourth-order valence-electron chi connectivity index (χ4n) is 2.61. The van der Waals surface area contributed by atoms with Crippen LogP contribution in [0, 0.1) is 5.82 Å². The minimum absolute atomic E-state index is 0.305. The molecule has 0 radical (unpaired) electrons. The summed E-state index contributed by atoms with van der Waals surface area (Å²) in [5.41, 5.74) is 4.95. The topological polar surface area (TPSA) is 24.9 Å². The lowest BCUT2D eigenvalue weighted by Crippen LogP contribution is -1.96. The highest BCUT2D eigenvalue weighted by atomic mass is 32.1. The molecule has 18 heavy (non-hydrogen) atoms. The van der Waals surface area contributed by atoms with Gasteiger partial charge < -0.3 is 4.72 Å². The van der Waals surface area contributed by atoms with E-state index in [1.165, 1.54) is 17.3 Å². The Hall–Kier alpha value is -1.55. The molecule has 0 atom stereocenters. The molecule has 1 aromatic carbocycles. The van der Waals surface area contributed by atoms with Gasteiger partial charge in [0.2, 0.25) is 0 Å². The number of rotatable bonds is 2. The van der Waals surface area contributed by atoms with Crippen molar-refractivity contribution in [1.29, 1.82) is 0 Å². The van der Waals surface area contributed by atoms with Gasteiger partial charge in [0.1, 0.15) is 5.82 Å². The number of thiol groups is 1. The lowest BCUT2D eigenvalue weighted by atomic mass is 9.98. The summed E-state index contributed by atoms with van der Waals surface area (Å²) in [5.74, 6) is -0.305. The highest BCUT2D eigenvalue weighted by Crippen LogP contribution is 2.38. The van der Waals surface area contributed by atoms with Crippen molar-refractivity contribution in [3.8, 4) is 11.1 Å². The Balaban J connectivity index is 2.22. The molecule has 0 saturated carbocycles. The Morgan fingerprint density at radius 3 is 2.83 bits per heavy atom. The summed E-state index contributed by atoms with van der Waals surface area (Å²) in [7, 11) is 0. The number of benzene rings is 1. The third kappa shape index (κ3) is 1.77. The molecule has 0 bridgehead atoms. The third-order valence-corrected chi connectivity index (χ3v) is 3.68. The smallest absolute Gasteiger partial charge is 0.149 e. The Morgan fingerprint density at radius 1 is 1.17 bits per heavy atom. The van der Waals surface area contributed by atoms with Crippen molar-refractivity contribution < 1.29 is 4.39 Å². The van der Waals surface area contributed by atoms with Gasteiger partial charge in [0, 0.05) is 17.3 Å². The number of hydrogen-bond donors (Lipinski definition) is 2. The van der Waals surface area contributed by atoms with Crippen LogP contribution in [-0.4, -0.2) is 4.98 Å². The summed E-state index contributed by atoms with van der Waals surface area (Å²) in [6.45, 7) is 0. The van der Waals surface area contributed by atoms with E-state index in [4.69, 9.17) is 0 Å². The van der Waals surface area contributed by atoms with Crippen molar-refractivity contribution in [3.05, 3.63) is 47.5 Å².